The second kappa shape index (κ2) is 8.74. The van der Waals surface area contributed by atoms with Gasteiger partial charge in [-0.15, -0.1) is 11.3 Å². The van der Waals surface area contributed by atoms with Crippen molar-refractivity contribution in [3.05, 3.63) is 16.1 Å². The molecule has 1 aromatic heterocycles. The molecule has 21 heavy (non-hydrogen) atoms. The van der Waals surface area contributed by atoms with Gasteiger partial charge in [-0.1, -0.05) is 13.8 Å². The predicted molar refractivity (Wildman–Crippen MR) is 80.7 cm³/mol. The summed E-state index contributed by atoms with van der Waals surface area (Å²) in [5.74, 6) is -0.338. The average Bonchev–Trinajstić information content (AvgIpc) is 2.92. The van der Waals surface area contributed by atoms with Crippen LogP contribution < -0.4 is 0 Å². The maximum Gasteiger partial charge on any atom is 0.367 e. The number of methoxy groups -OCH3 is 1. The van der Waals surface area contributed by atoms with E-state index in [9.17, 15) is 9.59 Å². The van der Waals surface area contributed by atoms with Gasteiger partial charge in [-0.2, -0.15) is 0 Å². The topological polar surface area (TPSA) is 68.7 Å². The van der Waals surface area contributed by atoms with Gasteiger partial charge in [-0.25, -0.2) is 9.78 Å². The van der Waals surface area contributed by atoms with Crippen LogP contribution in [0.2, 0.25) is 0 Å². The minimum absolute atomic E-state index is 0.187. The first-order chi connectivity index (χ1) is 9.99. The molecular weight excluding hydrogens is 292 g/mol. The smallest absolute Gasteiger partial charge is 0.367 e. The molecule has 0 bridgehead atoms. The number of aromatic nitrogens is 1. The van der Waals surface area contributed by atoms with Crippen LogP contribution in [-0.4, -0.2) is 55.2 Å². The standard InChI is InChI=1S/C14H22N2O4S/c1-5-20-14(18)12-15-11(9-21-12)13(17)16(6-7-19-4)8-10(2)3/h9-10H,5-8H2,1-4H3. The number of carbonyl (C=O) groups is 2. The van der Waals surface area contributed by atoms with Crippen molar-refractivity contribution in [3.63, 3.8) is 0 Å². The van der Waals surface area contributed by atoms with Gasteiger partial charge in [0.15, 0.2) is 0 Å². The van der Waals surface area contributed by atoms with Crippen molar-refractivity contribution in [1.82, 2.24) is 9.88 Å². The normalized spacial score (nSPS) is 10.7. The summed E-state index contributed by atoms with van der Waals surface area (Å²) >= 11 is 1.12. The Morgan fingerprint density at radius 2 is 2.14 bits per heavy atom. The first-order valence-corrected chi connectivity index (χ1v) is 7.78. The molecule has 1 heterocycles. The van der Waals surface area contributed by atoms with E-state index < -0.39 is 5.97 Å². The SMILES string of the molecule is CCOC(=O)c1nc(C(=O)N(CCOC)CC(C)C)cs1. The molecular formula is C14H22N2O4S. The van der Waals surface area contributed by atoms with Crippen LogP contribution >= 0.6 is 11.3 Å². The van der Waals surface area contributed by atoms with Gasteiger partial charge in [0, 0.05) is 25.6 Å². The van der Waals surface area contributed by atoms with Gasteiger partial charge in [0.1, 0.15) is 5.69 Å². The van der Waals surface area contributed by atoms with Crippen LogP contribution in [0.5, 0.6) is 0 Å². The molecule has 0 spiro atoms. The maximum atomic E-state index is 12.4. The molecule has 118 valence electrons. The Labute approximate surface area is 129 Å². The Hall–Kier alpha value is -1.47. The van der Waals surface area contributed by atoms with Gasteiger partial charge in [0.05, 0.1) is 13.2 Å². The Balaban J connectivity index is 2.80. The van der Waals surface area contributed by atoms with E-state index in [1.165, 1.54) is 0 Å². The van der Waals surface area contributed by atoms with Crippen molar-refractivity contribution < 1.29 is 19.1 Å². The lowest BCUT2D eigenvalue weighted by Gasteiger charge is -2.23. The van der Waals surface area contributed by atoms with Crippen molar-refractivity contribution in [3.8, 4) is 0 Å². The van der Waals surface area contributed by atoms with Gasteiger partial charge in [0.25, 0.3) is 5.91 Å². The van der Waals surface area contributed by atoms with E-state index in [4.69, 9.17) is 9.47 Å². The van der Waals surface area contributed by atoms with Gasteiger partial charge < -0.3 is 14.4 Å². The highest BCUT2D eigenvalue weighted by Crippen LogP contribution is 2.14. The molecule has 0 aliphatic rings. The summed E-state index contributed by atoms with van der Waals surface area (Å²) in [6, 6.07) is 0. The van der Waals surface area contributed by atoms with E-state index in [1.807, 2.05) is 13.8 Å². The molecule has 0 saturated heterocycles. The summed E-state index contributed by atoms with van der Waals surface area (Å²) in [7, 11) is 1.60. The lowest BCUT2D eigenvalue weighted by molar-refractivity contribution is 0.0525. The van der Waals surface area contributed by atoms with E-state index in [0.29, 0.717) is 25.6 Å². The van der Waals surface area contributed by atoms with Crippen LogP contribution in [0.1, 0.15) is 41.1 Å². The number of ether oxygens (including phenoxy) is 2. The summed E-state index contributed by atoms with van der Waals surface area (Å²) in [6.45, 7) is 7.68. The van der Waals surface area contributed by atoms with Crippen LogP contribution in [0.15, 0.2) is 5.38 Å². The summed E-state index contributed by atoms with van der Waals surface area (Å²) in [4.78, 5) is 29.8. The van der Waals surface area contributed by atoms with Crippen LogP contribution in [0, 0.1) is 5.92 Å². The number of carbonyl (C=O) groups excluding carboxylic acids is 2. The second-order valence-electron chi connectivity index (χ2n) is 4.90. The number of amides is 1. The summed E-state index contributed by atoms with van der Waals surface area (Å²) < 4.78 is 9.90. The number of hydrogen-bond acceptors (Lipinski definition) is 6. The Kier molecular flexibility index (Phi) is 7.31. The predicted octanol–water partition coefficient (Wildman–Crippen LogP) is 2.06. The number of rotatable bonds is 8. The number of esters is 1. The summed E-state index contributed by atoms with van der Waals surface area (Å²) in [5.41, 5.74) is 0.278. The Morgan fingerprint density at radius 1 is 1.43 bits per heavy atom. The molecule has 0 aliphatic heterocycles. The fraction of sp³-hybridized carbons (Fsp3) is 0.643. The lowest BCUT2D eigenvalue weighted by atomic mass is 10.2. The van der Waals surface area contributed by atoms with E-state index in [2.05, 4.69) is 4.98 Å². The van der Waals surface area contributed by atoms with Crippen molar-refractivity contribution >= 4 is 23.2 Å². The number of nitrogens with zero attached hydrogens (tertiary/aromatic N) is 2. The molecule has 0 aromatic carbocycles. The number of hydrogen-bond donors (Lipinski definition) is 0. The highest BCUT2D eigenvalue weighted by atomic mass is 32.1. The highest BCUT2D eigenvalue weighted by Gasteiger charge is 2.21. The largest absolute Gasteiger partial charge is 0.461 e. The maximum absolute atomic E-state index is 12.4. The molecule has 1 rings (SSSR count). The minimum Gasteiger partial charge on any atom is -0.461 e. The third-order valence-corrected chi connectivity index (χ3v) is 3.43. The molecule has 0 atom stereocenters. The lowest BCUT2D eigenvalue weighted by Crippen LogP contribution is -2.37. The molecule has 0 unspecified atom stereocenters. The minimum atomic E-state index is -0.492. The van der Waals surface area contributed by atoms with Crippen LogP contribution in [0.3, 0.4) is 0 Å². The summed E-state index contributed by atoms with van der Waals surface area (Å²) in [6.07, 6.45) is 0. The molecule has 0 N–H and O–H groups in total. The van der Waals surface area contributed by atoms with E-state index in [1.54, 1.807) is 24.3 Å². The van der Waals surface area contributed by atoms with Gasteiger partial charge in [-0.05, 0) is 12.8 Å². The van der Waals surface area contributed by atoms with Crippen molar-refractivity contribution in [2.75, 3.05) is 33.4 Å². The first kappa shape index (κ1) is 17.6. The van der Waals surface area contributed by atoms with Gasteiger partial charge in [-0.3, -0.25) is 4.79 Å². The number of thiazole rings is 1. The average molecular weight is 314 g/mol. The van der Waals surface area contributed by atoms with Gasteiger partial charge >= 0.3 is 5.97 Å². The van der Waals surface area contributed by atoms with Crippen molar-refractivity contribution in [2.24, 2.45) is 5.92 Å². The molecule has 0 aliphatic carbocycles. The zero-order chi connectivity index (χ0) is 15.8. The van der Waals surface area contributed by atoms with Crippen LogP contribution in [0.25, 0.3) is 0 Å². The third-order valence-electron chi connectivity index (χ3n) is 2.61. The monoisotopic (exact) mass is 314 g/mol. The molecule has 6 nitrogen and oxygen atoms in total. The summed E-state index contributed by atoms with van der Waals surface area (Å²) in [5, 5.41) is 1.80. The molecule has 1 amide bonds. The quantitative estimate of drug-likeness (QED) is 0.687. The highest BCUT2D eigenvalue weighted by molar-refractivity contribution is 7.11. The second-order valence-corrected chi connectivity index (χ2v) is 5.75. The zero-order valence-electron chi connectivity index (χ0n) is 12.9. The molecule has 0 saturated carbocycles. The molecule has 1 aromatic rings. The van der Waals surface area contributed by atoms with Gasteiger partial charge in [0.2, 0.25) is 5.01 Å². The van der Waals surface area contributed by atoms with E-state index in [-0.39, 0.29) is 23.2 Å². The first-order valence-electron chi connectivity index (χ1n) is 6.90. The Morgan fingerprint density at radius 3 is 2.71 bits per heavy atom. The molecule has 0 radical (unpaired) electrons. The van der Waals surface area contributed by atoms with Crippen LogP contribution in [0.4, 0.5) is 0 Å². The molecule has 7 heteroatoms. The van der Waals surface area contributed by atoms with Crippen molar-refractivity contribution in [1.29, 1.82) is 0 Å². The van der Waals surface area contributed by atoms with Crippen molar-refractivity contribution in [2.45, 2.75) is 20.8 Å². The van der Waals surface area contributed by atoms with E-state index in [0.717, 1.165) is 11.3 Å². The fourth-order valence-corrected chi connectivity index (χ4v) is 2.42. The van der Waals surface area contributed by atoms with E-state index >= 15 is 0 Å². The fourth-order valence-electron chi connectivity index (χ4n) is 1.74. The Bertz CT molecular complexity index is 473. The van der Waals surface area contributed by atoms with Crippen LogP contribution in [-0.2, 0) is 9.47 Å². The molecule has 0 fully saturated rings. The third kappa shape index (κ3) is 5.43. The zero-order valence-corrected chi connectivity index (χ0v) is 13.7.